The summed E-state index contributed by atoms with van der Waals surface area (Å²) in [7, 11) is 0. The normalized spacial score (nSPS) is 13.5. The fourth-order valence-electron chi connectivity index (χ4n) is 1.71. The zero-order valence-electron chi connectivity index (χ0n) is 11.8. The lowest BCUT2D eigenvalue weighted by Crippen LogP contribution is -2.45. The first-order chi connectivity index (χ1) is 9.54. The van der Waals surface area contributed by atoms with Gasteiger partial charge in [-0.05, 0) is 18.1 Å². The molecule has 0 aromatic heterocycles. The number of thioether (sulfide) groups is 1. The molecule has 2 N–H and O–H groups in total. The van der Waals surface area contributed by atoms with Crippen molar-refractivity contribution >= 4 is 23.6 Å². The Hall–Kier alpha value is -1.49. The van der Waals surface area contributed by atoms with Crippen LogP contribution in [0.4, 0.5) is 0 Å². The van der Waals surface area contributed by atoms with E-state index in [0.717, 1.165) is 11.3 Å². The quantitative estimate of drug-likeness (QED) is 0.724. The van der Waals surface area contributed by atoms with Gasteiger partial charge in [0, 0.05) is 17.1 Å². The standard InChI is InChI=1S/C15H21NO3S/c1-3-11(2)14(15(18)19)16-13(17)9-10-20-12-7-5-4-6-8-12/h4-8,11,14H,3,9-10H2,1-2H3,(H,16,17)(H,18,19). The number of rotatable bonds is 8. The molecule has 0 saturated heterocycles. The fourth-order valence-corrected chi connectivity index (χ4v) is 2.58. The molecule has 0 aliphatic rings. The summed E-state index contributed by atoms with van der Waals surface area (Å²) in [6, 6.07) is 9.02. The summed E-state index contributed by atoms with van der Waals surface area (Å²) in [6.45, 7) is 3.75. The Kier molecular flexibility index (Phi) is 7.15. The SMILES string of the molecule is CCC(C)C(NC(=O)CCSc1ccccc1)C(=O)O. The zero-order valence-corrected chi connectivity index (χ0v) is 12.7. The zero-order chi connectivity index (χ0) is 15.0. The molecule has 1 amide bonds. The molecular formula is C15H21NO3S. The van der Waals surface area contributed by atoms with Crippen LogP contribution in [-0.2, 0) is 9.59 Å². The monoisotopic (exact) mass is 295 g/mol. The van der Waals surface area contributed by atoms with E-state index in [4.69, 9.17) is 5.11 Å². The Morgan fingerprint density at radius 2 is 1.95 bits per heavy atom. The van der Waals surface area contributed by atoms with Crippen molar-refractivity contribution in [3.05, 3.63) is 30.3 Å². The van der Waals surface area contributed by atoms with Gasteiger partial charge in [-0.15, -0.1) is 11.8 Å². The summed E-state index contributed by atoms with van der Waals surface area (Å²) in [4.78, 5) is 24.0. The minimum Gasteiger partial charge on any atom is -0.480 e. The highest BCUT2D eigenvalue weighted by molar-refractivity contribution is 7.99. The molecule has 1 rings (SSSR count). The summed E-state index contributed by atoms with van der Waals surface area (Å²) >= 11 is 1.59. The highest BCUT2D eigenvalue weighted by Gasteiger charge is 2.24. The fraction of sp³-hybridized carbons (Fsp3) is 0.467. The molecule has 2 atom stereocenters. The van der Waals surface area contributed by atoms with Crippen LogP contribution in [0.3, 0.4) is 0 Å². The molecule has 110 valence electrons. The van der Waals surface area contributed by atoms with Crippen LogP contribution in [0.1, 0.15) is 26.7 Å². The maximum Gasteiger partial charge on any atom is 0.326 e. The van der Waals surface area contributed by atoms with Crippen molar-refractivity contribution in [3.8, 4) is 0 Å². The third-order valence-corrected chi connectivity index (χ3v) is 4.15. The molecule has 0 radical (unpaired) electrons. The lowest BCUT2D eigenvalue weighted by atomic mass is 9.99. The van der Waals surface area contributed by atoms with Crippen LogP contribution in [0.5, 0.6) is 0 Å². The molecule has 0 aliphatic heterocycles. The molecule has 20 heavy (non-hydrogen) atoms. The van der Waals surface area contributed by atoms with Gasteiger partial charge in [-0.3, -0.25) is 4.79 Å². The lowest BCUT2D eigenvalue weighted by Gasteiger charge is -2.20. The van der Waals surface area contributed by atoms with Crippen LogP contribution in [0.25, 0.3) is 0 Å². The van der Waals surface area contributed by atoms with E-state index in [9.17, 15) is 9.59 Å². The minimum absolute atomic E-state index is 0.0711. The molecule has 5 heteroatoms. The second-order valence-electron chi connectivity index (χ2n) is 4.68. The highest BCUT2D eigenvalue weighted by Crippen LogP contribution is 2.17. The van der Waals surface area contributed by atoms with Gasteiger partial charge in [0.05, 0.1) is 0 Å². The largest absolute Gasteiger partial charge is 0.480 e. The predicted octanol–water partition coefficient (Wildman–Crippen LogP) is 2.78. The molecule has 0 bridgehead atoms. The van der Waals surface area contributed by atoms with Crippen LogP contribution in [-0.4, -0.2) is 28.8 Å². The minimum atomic E-state index is -0.969. The van der Waals surface area contributed by atoms with Gasteiger partial charge >= 0.3 is 5.97 Å². The Bertz CT molecular complexity index is 436. The Labute approximate surface area is 124 Å². The topological polar surface area (TPSA) is 66.4 Å². The maximum atomic E-state index is 11.8. The number of hydrogen-bond donors (Lipinski definition) is 2. The van der Waals surface area contributed by atoms with Crippen molar-refractivity contribution in [1.29, 1.82) is 0 Å². The van der Waals surface area contributed by atoms with Crippen molar-refractivity contribution in [2.75, 3.05) is 5.75 Å². The summed E-state index contributed by atoms with van der Waals surface area (Å²) in [6.07, 6.45) is 1.04. The smallest absolute Gasteiger partial charge is 0.326 e. The lowest BCUT2D eigenvalue weighted by molar-refractivity contribution is -0.143. The molecule has 0 heterocycles. The molecule has 0 saturated carbocycles. The third-order valence-electron chi connectivity index (χ3n) is 3.14. The van der Waals surface area contributed by atoms with Gasteiger partial charge < -0.3 is 10.4 Å². The first-order valence-corrected chi connectivity index (χ1v) is 7.73. The molecule has 0 fully saturated rings. The Morgan fingerprint density at radius 3 is 2.50 bits per heavy atom. The van der Waals surface area contributed by atoms with E-state index in [0.29, 0.717) is 12.2 Å². The highest BCUT2D eigenvalue weighted by atomic mass is 32.2. The second-order valence-corrected chi connectivity index (χ2v) is 5.85. The molecule has 1 aromatic rings. The van der Waals surface area contributed by atoms with Crippen molar-refractivity contribution < 1.29 is 14.7 Å². The summed E-state index contributed by atoms with van der Waals surface area (Å²) in [5.41, 5.74) is 0. The number of carboxylic acids is 1. The average Bonchev–Trinajstić information content (AvgIpc) is 2.45. The molecule has 4 nitrogen and oxygen atoms in total. The number of hydrogen-bond acceptors (Lipinski definition) is 3. The number of carboxylic acid groups (broad SMARTS) is 1. The predicted molar refractivity (Wildman–Crippen MR) is 80.8 cm³/mol. The van der Waals surface area contributed by atoms with Gasteiger partial charge in [0.25, 0.3) is 0 Å². The maximum absolute atomic E-state index is 11.8. The number of carbonyl (C=O) groups excluding carboxylic acids is 1. The van der Waals surface area contributed by atoms with Crippen LogP contribution >= 0.6 is 11.8 Å². The van der Waals surface area contributed by atoms with Crippen LogP contribution in [0.2, 0.25) is 0 Å². The summed E-state index contributed by atoms with van der Waals surface area (Å²) in [5, 5.41) is 11.7. The first kappa shape index (κ1) is 16.6. The third kappa shape index (κ3) is 5.65. The van der Waals surface area contributed by atoms with Crippen molar-refractivity contribution in [2.24, 2.45) is 5.92 Å². The van der Waals surface area contributed by atoms with Crippen molar-refractivity contribution in [1.82, 2.24) is 5.32 Å². The van der Waals surface area contributed by atoms with Gasteiger partial charge in [-0.25, -0.2) is 4.79 Å². The number of benzene rings is 1. The van der Waals surface area contributed by atoms with E-state index >= 15 is 0 Å². The van der Waals surface area contributed by atoms with E-state index < -0.39 is 12.0 Å². The molecular weight excluding hydrogens is 274 g/mol. The van der Waals surface area contributed by atoms with Crippen LogP contribution in [0, 0.1) is 5.92 Å². The molecule has 2 unspecified atom stereocenters. The van der Waals surface area contributed by atoms with E-state index in [2.05, 4.69) is 5.32 Å². The number of nitrogens with one attached hydrogen (secondary N) is 1. The number of carbonyl (C=O) groups is 2. The van der Waals surface area contributed by atoms with Crippen molar-refractivity contribution in [3.63, 3.8) is 0 Å². The number of amides is 1. The molecule has 0 aliphatic carbocycles. The average molecular weight is 295 g/mol. The summed E-state index contributed by atoms with van der Waals surface area (Å²) in [5.74, 6) is -0.606. The van der Waals surface area contributed by atoms with Gasteiger partial charge in [0.2, 0.25) is 5.91 Å². The van der Waals surface area contributed by atoms with E-state index in [1.165, 1.54) is 0 Å². The summed E-state index contributed by atoms with van der Waals surface area (Å²) < 4.78 is 0. The first-order valence-electron chi connectivity index (χ1n) is 6.74. The van der Waals surface area contributed by atoms with Gasteiger partial charge in [0.1, 0.15) is 6.04 Å². The Morgan fingerprint density at radius 1 is 1.30 bits per heavy atom. The van der Waals surface area contributed by atoms with Gasteiger partial charge in [-0.2, -0.15) is 0 Å². The van der Waals surface area contributed by atoms with E-state index in [1.807, 2.05) is 44.2 Å². The van der Waals surface area contributed by atoms with Crippen LogP contribution < -0.4 is 5.32 Å². The van der Waals surface area contributed by atoms with Crippen molar-refractivity contribution in [2.45, 2.75) is 37.6 Å². The van der Waals surface area contributed by atoms with Crippen LogP contribution in [0.15, 0.2) is 35.2 Å². The van der Waals surface area contributed by atoms with Gasteiger partial charge in [-0.1, -0.05) is 38.5 Å². The second kappa shape index (κ2) is 8.64. The molecule has 0 spiro atoms. The number of aliphatic carboxylic acids is 1. The Balaban J connectivity index is 2.37. The van der Waals surface area contributed by atoms with E-state index in [-0.39, 0.29) is 11.8 Å². The molecule has 1 aromatic carbocycles. The van der Waals surface area contributed by atoms with E-state index in [1.54, 1.807) is 11.8 Å². The van der Waals surface area contributed by atoms with Gasteiger partial charge in [0.15, 0.2) is 0 Å².